The minimum absolute atomic E-state index is 0.101. The Hall–Kier alpha value is -3.65. The molecule has 180 valence electrons. The van der Waals surface area contributed by atoms with Crippen molar-refractivity contribution in [3.63, 3.8) is 0 Å². The molecule has 35 heavy (non-hydrogen) atoms. The Morgan fingerprint density at radius 3 is 2.63 bits per heavy atom. The predicted octanol–water partition coefficient (Wildman–Crippen LogP) is 5.58. The molecule has 1 saturated heterocycles. The highest BCUT2D eigenvalue weighted by molar-refractivity contribution is 7.16. The van der Waals surface area contributed by atoms with Gasteiger partial charge in [-0.15, -0.1) is 11.3 Å². The maximum absolute atomic E-state index is 14.4. The second-order valence-electron chi connectivity index (χ2n) is 8.93. The molecule has 3 amide bonds. The summed E-state index contributed by atoms with van der Waals surface area (Å²) in [5.74, 6) is -0.387. The maximum Gasteiger partial charge on any atom is 0.322 e. The zero-order valence-electron chi connectivity index (χ0n) is 19.7. The van der Waals surface area contributed by atoms with E-state index in [0.717, 1.165) is 21.5 Å². The van der Waals surface area contributed by atoms with Gasteiger partial charge >= 0.3 is 6.03 Å². The molecular weight excluding hydrogens is 463 g/mol. The molecule has 6 nitrogen and oxygen atoms in total. The number of para-hydroxylation sites is 1. The lowest BCUT2D eigenvalue weighted by atomic mass is 10.1. The number of fused-ring (bicyclic) bond motifs is 1. The second-order valence-corrected chi connectivity index (χ2v) is 9.82. The van der Waals surface area contributed by atoms with Crippen LogP contribution in [0, 0.1) is 12.7 Å². The molecule has 1 aliphatic rings. The van der Waals surface area contributed by atoms with E-state index in [1.165, 1.54) is 17.4 Å². The Morgan fingerprint density at radius 2 is 1.86 bits per heavy atom. The van der Waals surface area contributed by atoms with Crippen LogP contribution >= 0.6 is 11.3 Å². The Morgan fingerprint density at radius 1 is 1.09 bits per heavy atom. The minimum atomic E-state index is -0.286. The van der Waals surface area contributed by atoms with E-state index >= 15 is 0 Å². The normalized spacial score (nSPS) is 16.0. The summed E-state index contributed by atoms with van der Waals surface area (Å²) in [5, 5.41) is 5.94. The van der Waals surface area contributed by atoms with Crippen molar-refractivity contribution in [3.8, 4) is 0 Å². The van der Waals surface area contributed by atoms with Crippen LogP contribution in [-0.4, -0.2) is 52.0 Å². The van der Waals surface area contributed by atoms with Crippen LogP contribution in [0.25, 0.3) is 10.2 Å². The molecule has 0 bridgehead atoms. The fourth-order valence-electron chi connectivity index (χ4n) is 4.61. The topological polar surface area (TPSA) is 57.6 Å². The molecule has 1 fully saturated rings. The van der Waals surface area contributed by atoms with Gasteiger partial charge in [0.2, 0.25) is 0 Å². The highest BCUT2D eigenvalue weighted by Crippen LogP contribution is 2.28. The predicted molar refractivity (Wildman–Crippen MR) is 138 cm³/mol. The molecule has 0 radical (unpaired) electrons. The van der Waals surface area contributed by atoms with Gasteiger partial charge in [0.15, 0.2) is 0 Å². The van der Waals surface area contributed by atoms with E-state index < -0.39 is 0 Å². The lowest BCUT2D eigenvalue weighted by Gasteiger charge is -2.39. The number of nitrogens with zero attached hydrogens (tertiary/aromatic N) is 3. The lowest BCUT2D eigenvalue weighted by Crippen LogP contribution is -2.56. The van der Waals surface area contributed by atoms with Crippen LogP contribution in [0.15, 0.2) is 66.0 Å². The lowest BCUT2D eigenvalue weighted by molar-refractivity contribution is 0.0583. The van der Waals surface area contributed by atoms with Crippen molar-refractivity contribution in [2.75, 3.05) is 25.0 Å². The van der Waals surface area contributed by atoms with E-state index in [9.17, 15) is 14.0 Å². The Bertz CT molecular complexity index is 1390. The minimum Gasteiger partial charge on any atom is -0.334 e. The summed E-state index contributed by atoms with van der Waals surface area (Å²) >= 11 is 1.54. The number of carbonyl (C=O) groups is 2. The number of anilines is 1. The van der Waals surface area contributed by atoms with E-state index in [0.29, 0.717) is 30.9 Å². The van der Waals surface area contributed by atoms with E-state index in [-0.39, 0.29) is 30.3 Å². The third kappa shape index (κ3) is 4.53. The van der Waals surface area contributed by atoms with Gasteiger partial charge < -0.3 is 19.7 Å². The first-order valence-electron chi connectivity index (χ1n) is 11.6. The number of hydrogen-bond donors (Lipinski definition) is 1. The molecule has 5 rings (SSSR count). The zero-order valence-corrected chi connectivity index (χ0v) is 20.5. The summed E-state index contributed by atoms with van der Waals surface area (Å²) in [5.41, 5.74) is 2.87. The summed E-state index contributed by atoms with van der Waals surface area (Å²) in [4.78, 5) is 31.0. The first-order chi connectivity index (χ1) is 16.9. The molecule has 1 aliphatic heterocycles. The number of nitrogens with one attached hydrogen (secondary N) is 1. The summed E-state index contributed by atoms with van der Waals surface area (Å²) in [6.07, 6.45) is 0. The van der Waals surface area contributed by atoms with E-state index in [1.807, 2.05) is 60.2 Å². The van der Waals surface area contributed by atoms with Gasteiger partial charge in [0, 0.05) is 42.3 Å². The third-order valence-electron chi connectivity index (χ3n) is 6.57. The molecule has 0 spiro atoms. The van der Waals surface area contributed by atoms with Gasteiger partial charge in [-0.05, 0) is 49.1 Å². The van der Waals surface area contributed by atoms with Gasteiger partial charge in [-0.1, -0.05) is 36.4 Å². The van der Waals surface area contributed by atoms with Crippen molar-refractivity contribution >= 4 is 39.2 Å². The molecule has 4 aromatic rings. The molecule has 0 saturated carbocycles. The van der Waals surface area contributed by atoms with Crippen LogP contribution < -0.4 is 5.32 Å². The Labute approximate surface area is 207 Å². The van der Waals surface area contributed by atoms with Crippen molar-refractivity contribution in [3.05, 3.63) is 88.7 Å². The number of hydrogen-bond acceptors (Lipinski definition) is 3. The van der Waals surface area contributed by atoms with Gasteiger partial charge in [0.05, 0.1) is 6.54 Å². The van der Waals surface area contributed by atoms with Crippen LogP contribution in [0.2, 0.25) is 0 Å². The number of aromatic nitrogens is 1. The molecule has 1 N–H and O–H groups in total. The highest BCUT2D eigenvalue weighted by Gasteiger charge is 2.32. The van der Waals surface area contributed by atoms with E-state index in [4.69, 9.17) is 0 Å². The van der Waals surface area contributed by atoms with Crippen LogP contribution in [-0.2, 0) is 6.54 Å². The number of carbonyl (C=O) groups excluding carboxylic acids is 2. The van der Waals surface area contributed by atoms with Crippen LogP contribution in [0.1, 0.15) is 28.5 Å². The smallest absolute Gasteiger partial charge is 0.322 e. The zero-order chi connectivity index (χ0) is 24.5. The molecule has 0 aliphatic carbocycles. The van der Waals surface area contributed by atoms with Gasteiger partial charge in [0.25, 0.3) is 5.91 Å². The average molecular weight is 491 g/mol. The number of benzene rings is 2. The molecule has 3 heterocycles. The van der Waals surface area contributed by atoms with Gasteiger partial charge in [0.1, 0.15) is 16.3 Å². The molecule has 0 unspecified atom stereocenters. The van der Waals surface area contributed by atoms with Crippen molar-refractivity contribution < 1.29 is 14.0 Å². The van der Waals surface area contributed by atoms with Gasteiger partial charge in [-0.25, -0.2) is 9.18 Å². The SMILES string of the molecule is Cc1ccccc1NC(=O)N1CCN(C(=O)c2cc3ccsc3n2Cc2ccccc2F)C[C@H]1C. The molecular formula is C27H27FN4O2S. The Kier molecular flexibility index (Phi) is 6.30. The number of thiophene rings is 1. The van der Waals surface area contributed by atoms with Crippen LogP contribution in [0.5, 0.6) is 0 Å². The molecule has 2 aromatic heterocycles. The third-order valence-corrected chi connectivity index (χ3v) is 7.52. The fraction of sp³-hybridized carbons (Fsp3) is 0.259. The molecule has 2 aromatic carbocycles. The van der Waals surface area contributed by atoms with E-state index in [2.05, 4.69) is 5.32 Å². The van der Waals surface area contributed by atoms with Crippen LogP contribution in [0.4, 0.5) is 14.9 Å². The van der Waals surface area contributed by atoms with E-state index in [1.54, 1.807) is 28.0 Å². The first kappa shape index (κ1) is 23.1. The average Bonchev–Trinajstić information content (AvgIpc) is 3.44. The number of rotatable bonds is 4. The standard InChI is InChI=1S/C27H27FN4O2S/c1-18-7-3-6-10-23(18)29-27(34)31-13-12-30(16-19(31)2)25(33)24-15-20-11-14-35-26(20)32(24)17-21-8-4-5-9-22(21)28/h3-11,14-15,19H,12-13,16-17H2,1-2H3,(H,29,34)/t19-/m1/s1. The number of halogens is 1. The van der Waals surface area contributed by atoms with Crippen molar-refractivity contribution in [1.29, 1.82) is 0 Å². The first-order valence-corrected chi connectivity index (χ1v) is 12.5. The highest BCUT2D eigenvalue weighted by atomic mass is 32.1. The summed E-state index contributed by atoms with van der Waals surface area (Å²) in [6, 6.07) is 17.9. The monoisotopic (exact) mass is 490 g/mol. The largest absolute Gasteiger partial charge is 0.334 e. The van der Waals surface area contributed by atoms with Crippen LogP contribution in [0.3, 0.4) is 0 Å². The van der Waals surface area contributed by atoms with Gasteiger partial charge in [-0.3, -0.25) is 4.79 Å². The van der Waals surface area contributed by atoms with Crippen molar-refractivity contribution in [1.82, 2.24) is 14.4 Å². The van der Waals surface area contributed by atoms with Gasteiger partial charge in [-0.2, -0.15) is 0 Å². The number of urea groups is 1. The van der Waals surface area contributed by atoms with Crippen molar-refractivity contribution in [2.45, 2.75) is 26.4 Å². The summed E-state index contributed by atoms with van der Waals surface area (Å²) in [6.45, 7) is 5.49. The second kappa shape index (κ2) is 9.54. The van der Waals surface area contributed by atoms with Crippen molar-refractivity contribution in [2.24, 2.45) is 0 Å². The quantitative estimate of drug-likeness (QED) is 0.406. The molecule has 1 atom stereocenters. The summed E-state index contributed by atoms with van der Waals surface area (Å²) < 4.78 is 16.3. The Balaban J connectivity index is 1.33. The summed E-state index contributed by atoms with van der Waals surface area (Å²) in [7, 11) is 0. The molecule has 8 heteroatoms. The maximum atomic E-state index is 14.4. The number of aryl methyl sites for hydroxylation is 1. The number of piperazine rings is 1. The fourth-order valence-corrected chi connectivity index (χ4v) is 5.51. The number of amides is 3.